The van der Waals surface area contributed by atoms with Crippen LogP contribution < -0.4 is 15.0 Å². The molecule has 0 spiro atoms. The van der Waals surface area contributed by atoms with Gasteiger partial charge in [-0.15, -0.1) is 0 Å². The number of imidazole rings is 1. The number of pyridine rings is 2. The number of hydrogen-bond acceptors (Lipinski definition) is 9. The Kier molecular flexibility index (Phi) is 5.93. The van der Waals surface area contributed by atoms with Crippen LogP contribution in [0, 0.1) is 5.82 Å². The Balaban J connectivity index is 1.13. The normalized spacial score (nSPS) is 17.9. The van der Waals surface area contributed by atoms with E-state index in [1.165, 1.54) is 30.7 Å². The highest BCUT2D eigenvalue weighted by Gasteiger charge is 2.46. The van der Waals surface area contributed by atoms with Crippen molar-refractivity contribution >= 4 is 57.0 Å². The van der Waals surface area contributed by atoms with E-state index >= 15 is 4.39 Å². The number of benzene rings is 1. The first-order chi connectivity index (χ1) is 19.9. The van der Waals surface area contributed by atoms with Crippen molar-refractivity contribution in [3.63, 3.8) is 0 Å². The molecule has 5 aromatic rings. The molecular weight excluding hydrogens is 549 g/mol. The first-order valence-electron chi connectivity index (χ1n) is 12.9. The molecule has 13 heteroatoms. The van der Waals surface area contributed by atoms with Crippen molar-refractivity contribution < 1.29 is 13.9 Å². The predicted octanol–water partition coefficient (Wildman–Crippen LogP) is 4.61. The van der Waals surface area contributed by atoms with Crippen LogP contribution >= 0.6 is 11.6 Å². The summed E-state index contributed by atoms with van der Waals surface area (Å²) >= 11 is 6.49. The minimum Gasteiger partial charge on any atom is -0.454 e. The number of aryl methyl sites for hydroxylation is 1. The van der Waals surface area contributed by atoms with Gasteiger partial charge in [-0.2, -0.15) is 0 Å². The molecule has 206 valence electrons. The van der Waals surface area contributed by atoms with Crippen molar-refractivity contribution in [2.75, 3.05) is 23.3 Å². The van der Waals surface area contributed by atoms with Gasteiger partial charge < -0.3 is 24.4 Å². The number of carbonyl (C=O) groups excluding carboxylic acids is 1. The molecule has 8 rings (SSSR count). The van der Waals surface area contributed by atoms with Crippen LogP contribution in [0.3, 0.4) is 0 Å². The number of ether oxygens (including phenoxy) is 1. The fourth-order valence-electron chi connectivity index (χ4n) is 5.47. The minimum absolute atomic E-state index is 0.0414. The molecule has 11 nitrogen and oxygen atoms in total. The summed E-state index contributed by atoms with van der Waals surface area (Å²) in [5.41, 5.74) is 2.52. The summed E-state index contributed by atoms with van der Waals surface area (Å²) < 4.78 is 22.9. The van der Waals surface area contributed by atoms with E-state index in [0.29, 0.717) is 46.9 Å². The Morgan fingerprint density at radius 3 is 2.78 bits per heavy atom. The fourth-order valence-corrected chi connectivity index (χ4v) is 5.67. The van der Waals surface area contributed by atoms with E-state index in [4.69, 9.17) is 21.3 Å². The Hall–Kier alpha value is -4.84. The van der Waals surface area contributed by atoms with Gasteiger partial charge in [-0.05, 0) is 30.7 Å². The van der Waals surface area contributed by atoms with Gasteiger partial charge in [-0.3, -0.25) is 4.79 Å². The molecule has 4 aromatic heterocycles. The van der Waals surface area contributed by atoms with Gasteiger partial charge in [0.1, 0.15) is 40.5 Å². The molecule has 41 heavy (non-hydrogen) atoms. The third-order valence-electron chi connectivity index (χ3n) is 7.44. The van der Waals surface area contributed by atoms with Crippen LogP contribution in [0.2, 0.25) is 5.02 Å². The van der Waals surface area contributed by atoms with E-state index in [1.54, 1.807) is 17.0 Å². The number of rotatable bonds is 6. The number of carbonyl (C=O) groups is 1. The Bertz CT molecular complexity index is 1850. The summed E-state index contributed by atoms with van der Waals surface area (Å²) in [7, 11) is 1.84. The lowest BCUT2D eigenvalue weighted by atomic mass is 9.87. The Labute approximate surface area is 238 Å². The van der Waals surface area contributed by atoms with Crippen LogP contribution in [0.1, 0.15) is 6.42 Å². The van der Waals surface area contributed by atoms with Gasteiger partial charge in [-0.1, -0.05) is 18.2 Å². The van der Waals surface area contributed by atoms with Crippen molar-refractivity contribution in [3.05, 3.63) is 72.7 Å². The summed E-state index contributed by atoms with van der Waals surface area (Å²) in [6.45, 7) is 4.94. The van der Waals surface area contributed by atoms with Gasteiger partial charge >= 0.3 is 0 Å². The molecule has 3 aliphatic heterocycles. The molecular formula is C28H23ClFN9O2. The summed E-state index contributed by atoms with van der Waals surface area (Å²) in [6, 6.07) is 8.33. The average Bonchev–Trinajstić information content (AvgIpc) is 3.35. The Morgan fingerprint density at radius 2 is 1.98 bits per heavy atom. The first kappa shape index (κ1) is 25.1. The highest BCUT2D eigenvalue weighted by molar-refractivity contribution is 6.32. The largest absolute Gasteiger partial charge is 0.454 e. The van der Waals surface area contributed by atoms with Crippen LogP contribution in [0.5, 0.6) is 11.5 Å². The van der Waals surface area contributed by atoms with Gasteiger partial charge in [-0.25, -0.2) is 29.3 Å². The van der Waals surface area contributed by atoms with E-state index in [-0.39, 0.29) is 34.5 Å². The highest BCUT2D eigenvalue weighted by atomic mass is 35.5. The fraction of sp³-hybridized carbons (Fsp3) is 0.214. The Morgan fingerprint density at radius 1 is 1.15 bits per heavy atom. The molecule has 1 N–H and O–H groups in total. The smallest absolute Gasteiger partial charge is 0.246 e. The molecule has 2 atom stereocenters. The lowest BCUT2D eigenvalue weighted by molar-refractivity contribution is -0.140. The van der Waals surface area contributed by atoms with Gasteiger partial charge in [0, 0.05) is 32.3 Å². The lowest BCUT2D eigenvalue weighted by Gasteiger charge is -2.56. The number of anilines is 3. The number of nitrogens with zero attached hydrogens (tertiary/aromatic N) is 8. The molecule has 0 radical (unpaired) electrons. The second-order valence-corrected chi connectivity index (χ2v) is 10.4. The maximum atomic E-state index is 15.3. The number of hydrogen-bond donors (Lipinski definition) is 1. The summed E-state index contributed by atoms with van der Waals surface area (Å²) in [6.07, 6.45) is 6.90. The van der Waals surface area contributed by atoms with Crippen LogP contribution in [0.15, 0.2) is 61.8 Å². The zero-order chi connectivity index (χ0) is 28.2. The van der Waals surface area contributed by atoms with Crippen molar-refractivity contribution in [3.8, 4) is 11.5 Å². The van der Waals surface area contributed by atoms with Crippen LogP contribution in [0.25, 0.3) is 22.2 Å². The van der Waals surface area contributed by atoms with Crippen molar-refractivity contribution in [1.82, 2.24) is 34.4 Å². The monoisotopic (exact) mass is 571 g/mol. The highest BCUT2D eigenvalue weighted by Crippen LogP contribution is 2.37. The maximum absolute atomic E-state index is 15.3. The zero-order valence-corrected chi connectivity index (χ0v) is 22.6. The lowest BCUT2D eigenvalue weighted by Crippen LogP contribution is -2.70. The van der Waals surface area contributed by atoms with Crippen LogP contribution in [-0.4, -0.2) is 65.5 Å². The van der Waals surface area contributed by atoms with E-state index < -0.39 is 5.82 Å². The number of piperazine rings is 1. The van der Waals surface area contributed by atoms with E-state index in [1.807, 2.05) is 24.1 Å². The van der Waals surface area contributed by atoms with Crippen molar-refractivity contribution in [2.24, 2.45) is 7.05 Å². The topological polar surface area (TPSA) is 114 Å². The van der Waals surface area contributed by atoms with Crippen molar-refractivity contribution in [1.29, 1.82) is 0 Å². The summed E-state index contributed by atoms with van der Waals surface area (Å²) in [5, 5.41) is 3.20. The van der Waals surface area contributed by atoms with Crippen LogP contribution in [-0.2, 0) is 11.8 Å². The first-order valence-corrected chi connectivity index (χ1v) is 13.3. The molecule has 0 saturated carbocycles. The second kappa shape index (κ2) is 9.66. The third kappa shape index (κ3) is 4.36. The van der Waals surface area contributed by atoms with Gasteiger partial charge in [0.05, 0.1) is 40.8 Å². The van der Waals surface area contributed by atoms with E-state index in [2.05, 4.69) is 36.7 Å². The molecule has 1 amide bonds. The SMILES string of the molecule is C=CC(=O)N1C2CC1CN(c1ccc3ncnc(Nc4cc(Cl)c(Oc5cnc6c(c5)ncn6C)cc4F)c3n1)C2. The zero-order valence-electron chi connectivity index (χ0n) is 21.8. The molecule has 3 aliphatic rings. The molecule has 7 heterocycles. The summed E-state index contributed by atoms with van der Waals surface area (Å²) in [4.78, 5) is 38.2. The maximum Gasteiger partial charge on any atom is 0.246 e. The molecule has 2 bridgehead atoms. The van der Waals surface area contributed by atoms with E-state index in [0.717, 1.165) is 12.2 Å². The standard InChI is InChI=1S/C28H23ClFN9O2/c1-3-25(40)39-15-6-16(39)12-38(11-15)24-5-4-20-26(36-24)27(33-13-32-20)35-21-8-18(29)23(9-19(21)30)41-17-7-22-28(31-10-17)37(2)14-34-22/h3-5,7-10,13-16H,1,6,11-12H2,2H3,(H,32,33,35). The average molecular weight is 572 g/mol. The molecule has 0 aliphatic carbocycles. The summed E-state index contributed by atoms with van der Waals surface area (Å²) in [5.74, 6) is 0.937. The minimum atomic E-state index is -0.595. The number of aromatic nitrogens is 6. The van der Waals surface area contributed by atoms with Crippen molar-refractivity contribution in [2.45, 2.75) is 18.5 Å². The van der Waals surface area contributed by atoms with Crippen LogP contribution in [0.4, 0.5) is 21.7 Å². The predicted molar refractivity (Wildman–Crippen MR) is 152 cm³/mol. The van der Waals surface area contributed by atoms with E-state index in [9.17, 15) is 4.79 Å². The number of halogens is 2. The second-order valence-electron chi connectivity index (χ2n) is 10.0. The molecule has 1 aromatic carbocycles. The third-order valence-corrected chi connectivity index (χ3v) is 7.74. The molecule has 3 fully saturated rings. The molecule has 3 saturated heterocycles. The number of amides is 1. The number of fused-ring (bicyclic) bond motifs is 4. The molecule has 2 unspecified atom stereocenters. The number of nitrogens with one attached hydrogen (secondary N) is 1. The van der Waals surface area contributed by atoms with Gasteiger partial charge in [0.25, 0.3) is 0 Å². The van der Waals surface area contributed by atoms with Gasteiger partial charge in [0.15, 0.2) is 11.5 Å². The quantitative estimate of drug-likeness (QED) is 0.292. The van der Waals surface area contributed by atoms with Gasteiger partial charge in [0.2, 0.25) is 5.91 Å². The number of piperidine rings is 1.